The van der Waals surface area contributed by atoms with E-state index >= 15 is 0 Å². The molecule has 66 valence electrons. The first kappa shape index (κ1) is 9.27. The van der Waals surface area contributed by atoms with Gasteiger partial charge in [-0.05, 0) is 23.6 Å². The molecule has 0 saturated heterocycles. The zero-order valence-electron chi connectivity index (χ0n) is 6.88. The van der Waals surface area contributed by atoms with Crippen LogP contribution in [0.4, 0.5) is 4.39 Å². The monoisotopic (exact) mass is 177 g/mol. The summed E-state index contributed by atoms with van der Waals surface area (Å²) in [6, 6.07) is 5.84. The molecule has 1 aromatic carbocycles. The quantitative estimate of drug-likeness (QED) is 0.673. The van der Waals surface area contributed by atoms with E-state index < -0.39 is 5.91 Å². The van der Waals surface area contributed by atoms with Gasteiger partial charge in [-0.15, -0.1) is 6.42 Å². The average Bonchev–Trinajstić information content (AvgIpc) is 2.16. The molecule has 0 bridgehead atoms. The van der Waals surface area contributed by atoms with E-state index in [0.29, 0.717) is 6.54 Å². The van der Waals surface area contributed by atoms with Crippen molar-refractivity contribution < 1.29 is 9.18 Å². The van der Waals surface area contributed by atoms with Gasteiger partial charge in [-0.3, -0.25) is 4.79 Å². The van der Waals surface area contributed by atoms with E-state index in [1.54, 1.807) is 12.1 Å². The highest BCUT2D eigenvalue weighted by Crippen LogP contribution is 2.01. The minimum Gasteiger partial charge on any atom is -0.341 e. The van der Waals surface area contributed by atoms with Gasteiger partial charge in [0.1, 0.15) is 5.82 Å². The Hall–Kier alpha value is -1.82. The smallest absolute Gasteiger partial charge is 0.295 e. The number of carbonyl (C=O) groups excluding carboxylic acids is 1. The number of amides is 1. The van der Waals surface area contributed by atoms with Crippen molar-refractivity contribution in [3.05, 3.63) is 35.6 Å². The third kappa shape index (κ3) is 2.96. The molecule has 0 aromatic heterocycles. The minimum absolute atomic E-state index is 0.299. The average molecular weight is 177 g/mol. The number of terminal acetylenes is 1. The maximum Gasteiger partial charge on any atom is 0.295 e. The van der Waals surface area contributed by atoms with Gasteiger partial charge < -0.3 is 5.32 Å². The first-order valence-electron chi connectivity index (χ1n) is 3.71. The van der Waals surface area contributed by atoms with Crippen molar-refractivity contribution >= 4 is 5.91 Å². The van der Waals surface area contributed by atoms with Crippen molar-refractivity contribution in [2.45, 2.75) is 6.54 Å². The Labute approximate surface area is 75.8 Å². The highest BCUT2D eigenvalue weighted by molar-refractivity contribution is 5.92. The molecule has 0 radical (unpaired) electrons. The molecule has 0 heterocycles. The van der Waals surface area contributed by atoms with Crippen LogP contribution in [-0.4, -0.2) is 5.91 Å². The highest BCUT2D eigenvalue weighted by Gasteiger charge is 1.96. The van der Waals surface area contributed by atoms with Crippen molar-refractivity contribution in [1.82, 2.24) is 5.32 Å². The first-order valence-corrected chi connectivity index (χ1v) is 3.71. The van der Waals surface area contributed by atoms with Gasteiger partial charge in [-0.2, -0.15) is 0 Å². The first-order chi connectivity index (χ1) is 6.22. The molecule has 3 heteroatoms. The van der Waals surface area contributed by atoms with Crippen LogP contribution in [0.5, 0.6) is 0 Å². The van der Waals surface area contributed by atoms with E-state index in [4.69, 9.17) is 6.42 Å². The van der Waals surface area contributed by atoms with E-state index in [2.05, 4.69) is 5.32 Å². The lowest BCUT2D eigenvalue weighted by atomic mass is 10.2. The van der Waals surface area contributed by atoms with E-state index in [1.165, 1.54) is 12.1 Å². The van der Waals surface area contributed by atoms with Gasteiger partial charge in [0, 0.05) is 6.54 Å². The van der Waals surface area contributed by atoms with Crippen molar-refractivity contribution in [3.63, 3.8) is 0 Å². The Morgan fingerprint density at radius 3 is 2.62 bits per heavy atom. The van der Waals surface area contributed by atoms with Crippen LogP contribution in [0, 0.1) is 18.2 Å². The second-order valence-electron chi connectivity index (χ2n) is 2.45. The summed E-state index contributed by atoms with van der Waals surface area (Å²) in [5, 5.41) is 2.47. The zero-order chi connectivity index (χ0) is 9.68. The fraction of sp³-hybridized carbons (Fsp3) is 0.100. The maximum absolute atomic E-state index is 12.4. The number of hydrogen-bond acceptors (Lipinski definition) is 1. The molecule has 2 nitrogen and oxygen atoms in total. The summed E-state index contributed by atoms with van der Waals surface area (Å²) >= 11 is 0. The Bertz CT molecular complexity index is 337. The maximum atomic E-state index is 12.4. The molecular formula is C10H8FNO. The van der Waals surface area contributed by atoms with Crippen molar-refractivity contribution in [2.75, 3.05) is 0 Å². The molecule has 0 fully saturated rings. The van der Waals surface area contributed by atoms with Gasteiger partial charge in [0.25, 0.3) is 5.91 Å². The van der Waals surface area contributed by atoms with Gasteiger partial charge >= 0.3 is 0 Å². The van der Waals surface area contributed by atoms with E-state index in [-0.39, 0.29) is 5.82 Å². The van der Waals surface area contributed by atoms with E-state index in [1.807, 2.05) is 5.92 Å². The molecule has 0 unspecified atom stereocenters. The molecule has 0 saturated carbocycles. The number of nitrogens with one attached hydrogen (secondary N) is 1. The Kier molecular flexibility index (Phi) is 3.04. The molecule has 0 aliphatic carbocycles. The summed E-state index contributed by atoms with van der Waals surface area (Å²) < 4.78 is 12.4. The van der Waals surface area contributed by atoms with Crippen molar-refractivity contribution in [2.24, 2.45) is 0 Å². The SMILES string of the molecule is C#CC(=O)NCc1ccc(F)cc1. The molecule has 1 aromatic rings. The Balaban J connectivity index is 2.52. The fourth-order valence-electron chi connectivity index (χ4n) is 0.836. The summed E-state index contributed by atoms with van der Waals surface area (Å²) in [5.74, 6) is 1.16. The Morgan fingerprint density at radius 2 is 2.08 bits per heavy atom. The molecule has 0 atom stereocenters. The summed E-state index contributed by atoms with van der Waals surface area (Å²) in [6.45, 7) is 0.323. The van der Waals surface area contributed by atoms with Crippen molar-refractivity contribution in [3.8, 4) is 12.3 Å². The number of carbonyl (C=O) groups is 1. The van der Waals surface area contributed by atoms with Crippen LogP contribution in [0.1, 0.15) is 5.56 Å². The predicted octanol–water partition coefficient (Wildman–Crippen LogP) is 1.08. The lowest BCUT2D eigenvalue weighted by Crippen LogP contribution is -2.20. The summed E-state index contributed by atoms with van der Waals surface area (Å²) in [5.41, 5.74) is 0.810. The van der Waals surface area contributed by atoms with E-state index in [0.717, 1.165) is 5.56 Å². The van der Waals surface area contributed by atoms with Crippen molar-refractivity contribution in [1.29, 1.82) is 0 Å². The second-order valence-corrected chi connectivity index (χ2v) is 2.45. The topological polar surface area (TPSA) is 29.1 Å². The number of benzene rings is 1. The largest absolute Gasteiger partial charge is 0.341 e. The third-order valence-electron chi connectivity index (χ3n) is 1.50. The van der Waals surface area contributed by atoms with Crippen LogP contribution in [0.3, 0.4) is 0 Å². The number of rotatable bonds is 2. The number of halogens is 1. The van der Waals surface area contributed by atoms with E-state index in [9.17, 15) is 9.18 Å². The number of hydrogen-bond donors (Lipinski definition) is 1. The van der Waals surface area contributed by atoms with Gasteiger partial charge in [0.2, 0.25) is 0 Å². The van der Waals surface area contributed by atoms with Crippen LogP contribution in [0.25, 0.3) is 0 Å². The van der Waals surface area contributed by atoms with Gasteiger partial charge in [0.05, 0.1) is 0 Å². The van der Waals surface area contributed by atoms with Gasteiger partial charge in [0.15, 0.2) is 0 Å². The highest BCUT2D eigenvalue weighted by atomic mass is 19.1. The second kappa shape index (κ2) is 4.27. The van der Waals surface area contributed by atoms with Crippen LogP contribution in [0.15, 0.2) is 24.3 Å². The summed E-state index contributed by atoms with van der Waals surface area (Å²) in [7, 11) is 0. The summed E-state index contributed by atoms with van der Waals surface area (Å²) in [6.07, 6.45) is 4.84. The minimum atomic E-state index is -0.468. The molecule has 0 spiro atoms. The van der Waals surface area contributed by atoms with Gasteiger partial charge in [-0.1, -0.05) is 12.1 Å². The lowest BCUT2D eigenvalue weighted by molar-refractivity contribution is -0.115. The molecule has 0 aliphatic rings. The zero-order valence-corrected chi connectivity index (χ0v) is 6.88. The Morgan fingerprint density at radius 1 is 1.46 bits per heavy atom. The van der Waals surface area contributed by atoms with Crippen LogP contribution >= 0.6 is 0 Å². The van der Waals surface area contributed by atoms with Crippen LogP contribution in [-0.2, 0) is 11.3 Å². The third-order valence-corrected chi connectivity index (χ3v) is 1.50. The van der Waals surface area contributed by atoms with Gasteiger partial charge in [-0.25, -0.2) is 4.39 Å². The van der Waals surface area contributed by atoms with Crippen LogP contribution in [0.2, 0.25) is 0 Å². The lowest BCUT2D eigenvalue weighted by Gasteiger charge is -2.00. The molecule has 0 aliphatic heterocycles. The van der Waals surface area contributed by atoms with Crippen LogP contribution < -0.4 is 5.32 Å². The summed E-state index contributed by atoms with van der Waals surface area (Å²) in [4.78, 5) is 10.6. The molecule has 1 amide bonds. The molecular weight excluding hydrogens is 169 g/mol. The molecule has 1 rings (SSSR count). The normalized spacial score (nSPS) is 8.92. The fourth-order valence-corrected chi connectivity index (χ4v) is 0.836. The predicted molar refractivity (Wildman–Crippen MR) is 47.1 cm³/mol. The molecule has 13 heavy (non-hydrogen) atoms. The standard InChI is InChI=1S/C10H8FNO/c1-2-10(13)12-7-8-3-5-9(11)6-4-8/h1,3-6H,7H2,(H,12,13). The molecule has 1 N–H and O–H groups in total.